The molecule has 0 aromatic heterocycles. The molecule has 0 fully saturated rings. The minimum absolute atomic E-state index is 0.800. The molecule has 0 aromatic carbocycles. The van der Waals surface area contributed by atoms with Gasteiger partial charge in [-0.15, -0.1) is 0 Å². The van der Waals surface area contributed by atoms with Crippen LogP contribution in [-0.2, 0) is 0 Å². The van der Waals surface area contributed by atoms with E-state index in [0.29, 0.717) is 0 Å². The molecule has 0 aliphatic carbocycles. The van der Waals surface area contributed by atoms with Crippen molar-refractivity contribution in [3.8, 4) is 0 Å². The maximum Gasteiger partial charge on any atom is 0.00564 e. The van der Waals surface area contributed by atoms with E-state index >= 15 is 0 Å². The van der Waals surface area contributed by atoms with Crippen molar-refractivity contribution in [1.82, 2.24) is 0 Å². The summed E-state index contributed by atoms with van der Waals surface area (Å²) < 4.78 is 0. The highest BCUT2D eigenvalue weighted by atomic mass is 32.2. The van der Waals surface area contributed by atoms with Crippen molar-refractivity contribution in [3.05, 3.63) is 0 Å². The van der Waals surface area contributed by atoms with E-state index in [0.717, 1.165) is 17.7 Å². The predicted octanol–water partition coefficient (Wildman–Crippen LogP) is 2.89. The third-order valence-corrected chi connectivity index (χ3v) is 3.50. The first kappa shape index (κ1) is 12.3. The quantitative estimate of drug-likeness (QED) is 0.666. The summed E-state index contributed by atoms with van der Waals surface area (Å²) in [5, 5.41) is 0.800. The standard InChI is InChI=1S/C10H23NS/c1-4-10(5-7-11)12-8-6-9(2)3/h9-10H,4-8,11H2,1-3H3. The average molecular weight is 189 g/mol. The minimum Gasteiger partial charge on any atom is -0.330 e. The Morgan fingerprint density at radius 3 is 2.33 bits per heavy atom. The average Bonchev–Trinajstić information content (AvgIpc) is 2.02. The van der Waals surface area contributed by atoms with E-state index in [-0.39, 0.29) is 0 Å². The van der Waals surface area contributed by atoms with Crippen LogP contribution in [0.2, 0.25) is 0 Å². The molecule has 1 unspecified atom stereocenters. The van der Waals surface area contributed by atoms with Gasteiger partial charge in [-0.3, -0.25) is 0 Å². The van der Waals surface area contributed by atoms with Crippen molar-refractivity contribution in [2.75, 3.05) is 12.3 Å². The van der Waals surface area contributed by atoms with Gasteiger partial charge in [0.1, 0.15) is 0 Å². The van der Waals surface area contributed by atoms with Crippen molar-refractivity contribution in [1.29, 1.82) is 0 Å². The molecule has 1 nitrogen and oxygen atoms in total. The van der Waals surface area contributed by atoms with Crippen molar-refractivity contribution in [2.45, 2.75) is 45.3 Å². The lowest BCUT2D eigenvalue weighted by Crippen LogP contribution is -2.10. The Hall–Kier alpha value is 0.310. The van der Waals surface area contributed by atoms with Crippen LogP contribution in [0.15, 0.2) is 0 Å². The van der Waals surface area contributed by atoms with Crippen LogP contribution in [0.5, 0.6) is 0 Å². The molecule has 2 heteroatoms. The van der Waals surface area contributed by atoms with Crippen molar-refractivity contribution in [3.63, 3.8) is 0 Å². The fourth-order valence-electron chi connectivity index (χ4n) is 1.06. The molecule has 0 aliphatic heterocycles. The summed E-state index contributed by atoms with van der Waals surface area (Å²) in [6, 6.07) is 0. The number of hydrogen-bond acceptors (Lipinski definition) is 2. The van der Waals surface area contributed by atoms with Crippen molar-refractivity contribution >= 4 is 11.8 Å². The Morgan fingerprint density at radius 1 is 1.25 bits per heavy atom. The molecule has 74 valence electrons. The van der Waals surface area contributed by atoms with Gasteiger partial charge in [-0.25, -0.2) is 0 Å². The van der Waals surface area contributed by atoms with E-state index in [1.807, 2.05) is 0 Å². The Labute approximate surface area is 81.5 Å². The first-order chi connectivity index (χ1) is 5.70. The van der Waals surface area contributed by atoms with Gasteiger partial charge in [-0.05, 0) is 37.5 Å². The summed E-state index contributed by atoms with van der Waals surface area (Å²) in [4.78, 5) is 0. The molecule has 0 bridgehead atoms. The summed E-state index contributed by atoms with van der Waals surface area (Å²) in [7, 11) is 0. The van der Waals surface area contributed by atoms with Crippen molar-refractivity contribution in [2.24, 2.45) is 11.7 Å². The van der Waals surface area contributed by atoms with E-state index in [1.165, 1.54) is 25.0 Å². The number of nitrogens with two attached hydrogens (primary N) is 1. The zero-order valence-electron chi connectivity index (χ0n) is 8.68. The van der Waals surface area contributed by atoms with Crippen molar-refractivity contribution < 1.29 is 0 Å². The molecule has 0 rings (SSSR count). The summed E-state index contributed by atoms with van der Waals surface area (Å²) in [6.07, 6.45) is 3.78. The molecule has 0 aromatic rings. The van der Waals surface area contributed by atoms with E-state index in [1.54, 1.807) is 0 Å². The Morgan fingerprint density at radius 2 is 1.92 bits per heavy atom. The van der Waals surface area contributed by atoms with Gasteiger partial charge >= 0.3 is 0 Å². The van der Waals surface area contributed by atoms with Gasteiger partial charge in [0.15, 0.2) is 0 Å². The van der Waals surface area contributed by atoms with Gasteiger partial charge in [-0.1, -0.05) is 20.8 Å². The molecule has 0 radical (unpaired) electrons. The molecule has 2 N–H and O–H groups in total. The highest BCUT2D eigenvalue weighted by Gasteiger charge is 2.05. The molecule has 0 aliphatic rings. The van der Waals surface area contributed by atoms with Gasteiger partial charge in [0.2, 0.25) is 0 Å². The Kier molecular flexibility index (Phi) is 8.14. The highest BCUT2D eigenvalue weighted by Crippen LogP contribution is 2.19. The molecule has 0 spiro atoms. The van der Waals surface area contributed by atoms with Gasteiger partial charge in [-0.2, -0.15) is 11.8 Å². The lowest BCUT2D eigenvalue weighted by molar-refractivity contribution is 0.629. The Bertz CT molecular complexity index is 93.8. The number of hydrogen-bond donors (Lipinski definition) is 1. The third-order valence-electron chi connectivity index (χ3n) is 1.99. The van der Waals surface area contributed by atoms with Gasteiger partial charge in [0.05, 0.1) is 0 Å². The maximum absolute atomic E-state index is 5.52. The van der Waals surface area contributed by atoms with E-state index in [2.05, 4.69) is 32.5 Å². The zero-order chi connectivity index (χ0) is 9.40. The first-order valence-electron chi connectivity index (χ1n) is 5.02. The van der Waals surface area contributed by atoms with E-state index in [4.69, 9.17) is 5.73 Å². The van der Waals surface area contributed by atoms with Gasteiger partial charge in [0.25, 0.3) is 0 Å². The summed E-state index contributed by atoms with van der Waals surface area (Å²) in [5.74, 6) is 2.14. The Balaban J connectivity index is 3.31. The summed E-state index contributed by atoms with van der Waals surface area (Å²) in [5.41, 5.74) is 5.52. The molecule has 0 saturated heterocycles. The second-order valence-corrected chi connectivity index (χ2v) is 5.07. The normalized spacial score (nSPS) is 13.8. The molecular weight excluding hydrogens is 166 g/mol. The van der Waals surface area contributed by atoms with Gasteiger partial charge in [0, 0.05) is 5.25 Å². The fraction of sp³-hybridized carbons (Fsp3) is 1.00. The number of rotatable bonds is 7. The largest absolute Gasteiger partial charge is 0.330 e. The second kappa shape index (κ2) is 7.93. The van der Waals surface area contributed by atoms with Crippen LogP contribution in [0.3, 0.4) is 0 Å². The number of thioether (sulfide) groups is 1. The second-order valence-electron chi connectivity index (χ2n) is 3.66. The van der Waals surface area contributed by atoms with Crippen LogP contribution in [0.1, 0.15) is 40.0 Å². The monoisotopic (exact) mass is 189 g/mol. The zero-order valence-corrected chi connectivity index (χ0v) is 9.49. The molecule has 0 saturated carbocycles. The maximum atomic E-state index is 5.52. The predicted molar refractivity (Wildman–Crippen MR) is 59.7 cm³/mol. The fourth-order valence-corrected chi connectivity index (χ4v) is 2.54. The van der Waals surface area contributed by atoms with Crippen LogP contribution in [-0.4, -0.2) is 17.5 Å². The topological polar surface area (TPSA) is 26.0 Å². The molecular formula is C10H23NS. The lowest BCUT2D eigenvalue weighted by Gasteiger charge is -2.13. The van der Waals surface area contributed by atoms with Crippen LogP contribution < -0.4 is 5.73 Å². The molecule has 0 amide bonds. The van der Waals surface area contributed by atoms with Crippen LogP contribution in [0.25, 0.3) is 0 Å². The summed E-state index contributed by atoms with van der Waals surface area (Å²) >= 11 is 2.09. The molecule has 0 heterocycles. The SMILES string of the molecule is CCC(CCN)SCCC(C)C. The van der Waals surface area contributed by atoms with Gasteiger partial charge < -0.3 is 5.73 Å². The van der Waals surface area contributed by atoms with E-state index < -0.39 is 0 Å². The summed E-state index contributed by atoms with van der Waals surface area (Å²) in [6.45, 7) is 7.66. The van der Waals surface area contributed by atoms with Crippen LogP contribution in [0.4, 0.5) is 0 Å². The first-order valence-corrected chi connectivity index (χ1v) is 6.07. The van der Waals surface area contributed by atoms with Crippen LogP contribution in [0, 0.1) is 5.92 Å². The molecule has 1 atom stereocenters. The lowest BCUT2D eigenvalue weighted by atomic mass is 10.2. The van der Waals surface area contributed by atoms with Crippen LogP contribution >= 0.6 is 11.8 Å². The minimum atomic E-state index is 0.800. The smallest absolute Gasteiger partial charge is 0.00564 e. The van der Waals surface area contributed by atoms with E-state index in [9.17, 15) is 0 Å². The highest BCUT2D eigenvalue weighted by molar-refractivity contribution is 7.99. The third kappa shape index (κ3) is 6.99. The molecule has 12 heavy (non-hydrogen) atoms.